The van der Waals surface area contributed by atoms with Gasteiger partial charge in [0.1, 0.15) is 0 Å². The minimum atomic E-state index is -0.176. The standard InChI is InChI=1S/C11H17N3O/c1-4-9-7-10(6-8(3)13-9)14-11(15)12-5-2/h6-7H,4-5H2,1-3H3,(H2,12,13,14,15). The highest BCUT2D eigenvalue weighted by Crippen LogP contribution is 2.11. The Morgan fingerprint density at radius 2 is 2.13 bits per heavy atom. The fourth-order valence-corrected chi connectivity index (χ4v) is 1.33. The van der Waals surface area contributed by atoms with E-state index in [0.29, 0.717) is 6.54 Å². The van der Waals surface area contributed by atoms with Crippen LogP contribution in [0.5, 0.6) is 0 Å². The van der Waals surface area contributed by atoms with Gasteiger partial charge in [-0.05, 0) is 32.4 Å². The Morgan fingerprint density at radius 3 is 2.73 bits per heavy atom. The lowest BCUT2D eigenvalue weighted by atomic mass is 10.2. The van der Waals surface area contributed by atoms with Crippen LogP contribution in [0.2, 0.25) is 0 Å². The van der Waals surface area contributed by atoms with Gasteiger partial charge in [0.15, 0.2) is 0 Å². The van der Waals surface area contributed by atoms with Crippen molar-refractivity contribution >= 4 is 11.7 Å². The van der Waals surface area contributed by atoms with Crippen LogP contribution in [0.4, 0.5) is 10.5 Å². The first-order valence-corrected chi connectivity index (χ1v) is 5.18. The molecule has 0 aromatic carbocycles. The van der Waals surface area contributed by atoms with Gasteiger partial charge in [-0.2, -0.15) is 0 Å². The maximum absolute atomic E-state index is 11.3. The molecular formula is C11H17N3O. The third-order valence-electron chi connectivity index (χ3n) is 1.96. The van der Waals surface area contributed by atoms with Crippen LogP contribution in [0.15, 0.2) is 12.1 Å². The summed E-state index contributed by atoms with van der Waals surface area (Å²) in [7, 11) is 0. The molecule has 1 rings (SSSR count). The summed E-state index contributed by atoms with van der Waals surface area (Å²) in [5.41, 5.74) is 2.70. The molecule has 1 heterocycles. The molecule has 1 aromatic heterocycles. The number of aryl methyl sites for hydroxylation is 2. The van der Waals surface area contributed by atoms with Gasteiger partial charge in [0.05, 0.1) is 0 Å². The number of nitrogens with zero attached hydrogens (tertiary/aromatic N) is 1. The molecule has 0 saturated heterocycles. The molecule has 0 bridgehead atoms. The quantitative estimate of drug-likeness (QED) is 0.797. The summed E-state index contributed by atoms with van der Waals surface area (Å²) >= 11 is 0. The number of urea groups is 1. The van der Waals surface area contributed by atoms with E-state index in [1.165, 1.54) is 0 Å². The summed E-state index contributed by atoms with van der Waals surface area (Å²) in [5, 5.41) is 5.45. The first kappa shape index (κ1) is 11.5. The van der Waals surface area contributed by atoms with Crippen LogP contribution in [-0.4, -0.2) is 17.6 Å². The Morgan fingerprint density at radius 1 is 1.40 bits per heavy atom. The predicted molar refractivity (Wildman–Crippen MR) is 61.0 cm³/mol. The SMILES string of the molecule is CCNC(=O)Nc1cc(C)nc(CC)c1. The van der Waals surface area contributed by atoms with Crippen molar-refractivity contribution in [1.29, 1.82) is 0 Å². The summed E-state index contributed by atoms with van der Waals surface area (Å²) in [6, 6.07) is 3.57. The molecule has 0 fully saturated rings. The molecule has 0 atom stereocenters. The smallest absolute Gasteiger partial charge is 0.319 e. The van der Waals surface area contributed by atoms with Gasteiger partial charge in [0.25, 0.3) is 0 Å². The fourth-order valence-electron chi connectivity index (χ4n) is 1.33. The Bertz CT molecular complexity index is 350. The van der Waals surface area contributed by atoms with Gasteiger partial charge >= 0.3 is 6.03 Å². The number of anilines is 1. The number of carbonyl (C=O) groups is 1. The Kier molecular flexibility index (Phi) is 4.09. The Balaban J connectivity index is 2.76. The molecule has 82 valence electrons. The lowest BCUT2D eigenvalue weighted by Crippen LogP contribution is -2.28. The van der Waals surface area contributed by atoms with E-state index in [4.69, 9.17) is 0 Å². The molecule has 4 nitrogen and oxygen atoms in total. The third kappa shape index (κ3) is 3.58. The second-order valence-electron chi connectivity index (χ2n) is 3.33. The molecule has 4 heteroatoms. The zero-order valence-electron chi connectivity index (χ0n) is 9.42. The van der Waals surface area contributed by atoms with Crippen molar-refractivity contribution in [3.63, 3.8) is 0 Å². The molecule has 15 heavy (non-hydrogen) atoms. The summed E-state index contributed by atoms with van der Waals surface area (Å²) in [4.78, 5) is 15.6. The van der Waals surface area contributed by atoms with Crippen LogP contribution in [-0.2, 0) is 6.42 Å². The molecule has 2 amide bonds. The van der Waals surface area contributed by atoms with E-state index in [2.05, 4.69) is 15.6 Å². The number of amides is 2. The van der Waals surface area contributed by atoms with Crippen LogP contribution < -0.4 is 10.6 Å². The molecule has 0 saturated carbocycles. The summed E-state index contributed by atoms with van der Waals surface area (Å²) in [5.74, 6) is 0. The van der Waals surface area contributed by atoms with Crippen molar-refractivity contribution < 1.29 is 4.79 Å². The Hall–Kier alpha value is -1.58. The van der Waals surface area contributed by atoms with E-state index in [0.717, 1.165) is 23.5 Å². The molecule has 0 spiro atoms. The first-order chi connectivity index (χ1) is 7.15. The van der Waals surface area contributed by atoms with Crippen molar-refractivity contribution in [2.75, 3.05) is 11.9 Å². The zero-order chi connectivity index (χ0) is 11.3. The average Bonchev–Trinajstić information content (AvgIpc) is 2.17. The highest BCUT2D eigenvalue weighted by Gasteiger charge is 2.02. The second kappa shape index (κ2) is 5.34. The molecule has 0 radical (unpaired) electrons. The number of aromatic nitrogens is 1. The van der Waals surface area contributed by atoms with Crippen LogP contribution >= 0.6 is 0 Å². The fraction of sp³-hybridized carbons (Fsp3) is 0.455. The highest BCUT2D eigenvalue weighted by molar-refractivity contribution is 5.89. The molecule has 0 unspecified atom stereocenters. The summed E-state index contributed by atoms with van der Waals surface area (Å²) < 4.78 is 0. The predicted octanol–water partition coefficient (Wildman–Crippen LogP) is 2.09. The lowest BCUT2D eigenvalue weighted by molar-refractivity contribution is 0.252. The first-order valence-electron chi connectivity index (χ1n) is 5.18. The number of pyridine rings is 1. The van der Waals surface area contributed by atoms with Gasteiger partial charge in [-0.15, -0.1) is 0 Å². The maximum Gasteiger partial charge on any atom is 0.319 e. The number of hydrogen-bond donors (Lipinski definition) is 2. The topological polar surface area (TPSA) is 54.0 Å². The van der Waals surface area contributed by atoms with Gasteiger partial charge < -0.3 is 10.6 Å². The van der Waals surface area contributed by atoms with Crippen LogP contribution in [0.3, 0.4) is 0 Å². The normalized spacial score (nSPS) is 9.80. The van der Waals surface area contributed by atoms with Gasteiger partial charge in [-0.25, -0.2) is 4.79 Å². The van der Waals surface area contributed by atoms with E-state index in [1.54, 1.807) is 0 Å². The van der Waals surface area contributed by atoms with Gasteiger partial charge in [-0.3, -0.25) is 4.98 Å². The van der Waals surface area contributed by atoms with Crippen LogP contribution in [0.1, 0.15) is 25.2 Å². The Labute approximate surface area is 90.1 Å². The van der Waals surface area contributed by atoms with E-state index in [1.807, 2.05) is 32.9 Å². The van der Waals surface area contributed by atoms with Crippen molar-refractivity contribution in [3.05, 3.63) is 23.5 Å². The minimum Gasteiger partial charge on any atom is -0.338 e. The van der Waals surface area contributed by atoms with Crippen molar-refractivity contribution in [3.8, 4) is 0 Å². The number of rotatable bonds is 3. The summed E-state index contributed by atoms with van der Waals surface area (Å²) in [6.45, 7) is 6.46. The van der Waals surface area contributed by atoms with E-state index < -0.39 is 0 Å². The third-order valence-corrected chi connectivity index (χ3v) is 1.96. The largest absolute Gasteiger partial charge is 0.338 e. The van der Waals surface area contributed by atoms with E-state index >= 15 is 0 Å². The lowest BCUT2D eigenvalue weighted by Gasteiger charge is -2.08. The number of nitrogens with one attached hydrogen (secondary N) is 2. The van der Waals surface area contributed by atoms with Gasteiger partial charge in [0.2, 0.25) is 0 Å². The molecule has 2 N–H and O–H groups in total. The molecule has 0 aliphatic heterocycles. The average molecular weight is 207 g/mol. The molecular weight excluding hydrogens is 190 g/mol. The summed E-state index contributed by atoms with van der Waals surface area (Å²) in [6.07, 6.45) is 0.867. The number of carbonyl (C=O) groups excluding carboxylic acids is 1. The van der Waals surface area contributed by atoms with Gasteiger partial charge in [-0.1, -0.05) is 6.92 Å². The van der Waals surface area contributed by atoms with Crippen molar-refractivity contribution in [1.82, 2.24) is 10.3 Å². The van der Waals surface area contributed by atoms with Crippen molar-refractivity contribution in [2.24, 2.45) is 0 Å². The van der Waals surface area contributed by atoms with Crippen LogP contribution in [0, 0.1) is 6.92 Å². The zero-order valence-corrected chi connectivity index (χ0v) is 9.42. The number of hydrogen-bond acceptors (Lipinski definition) is 2. The monoisotopic (exact) mass is 207 g/mol. The molecule has 1 aromatic rings. The van der Waals surface area contributed by atoms with E-state index in [-0.39, 0.29) is 6.03 Å². The van der Waals surface area contributed by atoms with Crippen LogP contribution in [0.25, 0.3) is 0 Å². The van der Waals surface area contributed by atoms with E-state index in [9.17, 15) is 4.79 Å². The highest BCUT2D eigenvalue weighted by atomic mass is 16.2. The minimum absolute atomic E-state index is 0.176. The second-order valence-corrected chi connectivity index (χ2v) is 3.33. The molecule has 0 aliphatic rings. The van der Waals surface area contributed by atoms with Crippen molar-refractivity contribution in [2.45, 2.75) is 27.2 Å². The van der Waals surface area contributed by atoms with Gasteiger partial charge in [0, 0.05) is 23.6 Å². The molecule has 0 aliphatic carbocycles. The maximum atomic E-state index is 11.3.